The lowest BCUT2D eigenvalue weighted by molar-refractivity contribution is 0.259. The molecule has 1 aromatic heterocycles. The van der Waals surface area contributed by atoms with E-state index < -0.39 is 0 Å². The van der Waals surface area contributed by atoms with Gasteiger partial charge in [0.1, 0.15) is 5.82 Å². The van der Waals surface area contributed by atoms with Crippen LogP contribution in [0.15, 0.2) is 47.5 Å². The van der Waals surface area contributed by atoms with Crippen molar-refractivity contribution in [2.24, 2.45) is 4.99 Å². The van der Waals surface area contributed by atoms with Crippen molar-refractivity contribution in [1.29, 1.82) is 0 Å². The number of hydrogen-bond acceptors (Lipinski definition) is 4. The number of guanidine groups is 1. The van der Waals surface area contributed by atoms with E-state index in [0.29, 0.717) is 12.6 Å². The minimum atomic E-state index is 0.621. The van der Waals surface area contributed by atoms with Gasteiger partial charge in [-0.05, 0) is 31.0 Å². The van der Waals surface area contributed by atoms with E-state index in [0.717, 1.165) is 50.0 Å². The molecular formula is C23H32N6. The number of aliphatic imine (C=N–C) groups is 1. The van der Waals surface area contributed by atoms with Crippen LogP contribution in [0.3, 0.4) is 0 Å². The molecule has 0 spiro atoms. The molecule has 1 saturated heterocycles. The van der Waals surface area contributed by atoms with Gasteiger partial charge in [0.05, 0.1) is 12.1 Å². The Morgan fingerprint density at radius 2 is 2.03 bits per heavy atom. The van der Waals surface area contributed by atoms with Crippen LogP contribution in [0.2, 0.25) is 0 Å². The summed E-state index contributed by atoms with van der Waals surface area (Å²) in [7, 11) is 4.07. The number of nitrogens with one attached hydrogen (secondary N) is 1. The van der Waals surface area contributed by atoms with E-state index in [2.05, 4.69) is 63.4 Å². The van der Waals surface area contributed by atoms with E-state index in [1.807, 2.05) is 20.2 Å². The van der Waals surface area contributed by atoms with Gasteiger partial charge in [0.15, 0.2) is 5.96 Å². The molecular weight excluding hydrogens is 360 g/mol. The average Bonchev–Trinajstić information content (AvgIpc) is 3.42. The number of fused-ring (bicyclic) bond motifs is 1. The van der Waals surface area contributed by atoms with Gasteiger partial charge in [0.25, 0.3) is 0 Å². The highest BCUT2D eigenvalue weighted by Crippen LogP contribution is 2.23. The van der Waals surface area contributed by atoms with Crippen molar-refractivity contribution in [1.82, 2.24) is 20.1 Å². The Morgan fingerprint density at radius 3 is 2.79 bits per heavy atom. The third-order valence-corrected chi connectivity index (χ3v) is 5.81. The van der Waals surface area contributed by atoms with Gasteiger partial charge in [0.2, 0.25) is 0 Å². The average molecular weight is 393 g/mol. The normalized spacial score (nSPS) is 20.0. The molecule has 1 aromatic carbocycles. The van der Waals surface area contributed by atoms with Crippen molar-refractivity contribution in [2.75, 3.05) is 51.7 Å². The van der Waals surface area contributed by atoms with Gasteiger partial charge in [0, 0.05) is 58.2 Å². The second-order valence-corrected chi connectivity index (χ2v) is 8.04. The number of pyridine rings is 1. The largest absolute Gasteiger partial charge is 0.363 e. The summed E-state index contributed by atoms with van der Waals surface area (Å²) in [6, 6.07) is 11.1. The maximum Gasteiger partial charge on any atom is 0.194 e. The third-order valence-electron chi connectivity index (χ3n) is 5.81. The highest BCUT2D eigenvalue weighted by molar-refractivity contribution is 5.85. The van der Waals surface area contributed by atoms with Gasteiger partial charge in [-0.2, -0.15) is 0 Å². The summed E-state index contributed by atoms with van der Waals surface area (Å²) in [5.41, 5.74) is 2.24. The van der Waals surface area contributed by atoms with Crippen molar-refractivity contribution < 1.29 is 0 Å². The number of nitrogens with zero attached hydrogens (tertiary/aromatic N) is 5. The van der Waals surface area contributed by atoms with Gasteiger partial charge in [-0.1, -0.05) is 30.4 Å². The van der Waals surface area contributed by atoms with E-state index in [9.17, 15) is 0 Å². The lowest BCUT2D eigenvalue weighted by Crippen LogP contribution is -2.42. The van der Waals surface area contributed by atoms with Gasteiger partial charge in [-0.25, -0.2) is 9.98 Å². The molecule has 0 radical (unpaired) electrons. The standard InChI is InChI=1S/C23H32N6/c1-4-24-23(29-14-11-19(17-29)28-12-7-8-13-28)25-16-18-15-22(27(2)3)26-21-10-6-5-9-20(18)21/h5-10,15,19H,4,11-14,16-17H2,1-3H3,(H,24,25). The van der Waals surface area contributed by atoms with Crippen LogP contribution < -0.4 is 10.2 Å². The minimum Gasteiger partial charge on any atom is -0.363 e. The molecule has 6 heteroatoms. The molecule has 2 aliphatic heterocycles. The zero-order chi connectivity index (χ0) is 20.2. The van der Waals surface area contributed by atoms with Crippen LogP contribution in [0, 0.1) is 0 Å². The molecule has 2 aromatic rings. The molecule has 1 N–H and O–H groups in total. The Morgan fingerprint density at radius 1 is 1.24 bits per heavy atom. The van der Waals surface area contributed by atoms with E-state index >= 15 is 0 Å². The summed E-state index contributed by atoms with van der Waals surface area (Å²) >= 11 is 0. The van der Waals surface area contributed by atoms with Crippen LogP contribution in [-0.4, -0.2) is 73.6 Å². The van der Waals surface area contributed by atoms with Gasteiger partial charge < -0.3 is 15.1 Å². The smallest absolute Gasteiger partial charge is 0.194 e. The first kappa shape index (κ1) is 19.7. The van der Waals surface area contributed by atoms with Crippen molar-refractivity contribution in [2.45, 2.75) is 25.9 Å². The van der Waals surface area contributed by atoms with Crippen LogP contribution >= 0.6 is 0 Å². The molecule has 2 aliphatic rings. The van der Waals surface area contributed by atoms with Crippen LogP contribution in [0.4, 0.5) is 5.82 Å². The Balaban J connectivity index is 1.55. The van der Waals surface area contributed by atoms with Crippen molar-refractivity contribution in [3.8, 4) is 0 Å². The molecule has 154 valence electrons. The van der Waals surface area contributed by atoms with E-state index in [4.69, 9.17) is 9.98 Å². The number of likely N-dealkylation sites (tertiary alicyclic amines) is 1. The molecule has 3 heterocycles. The van der Waals surface area contributed by atoms with Crippen LogP contribution in [0.1, 0.15) is 18.9 Å². The van der Waals surface area contributed by atoms with Crippen molar-refractivity contribution in [3.63, 3.8) is 0 Å². The van der Waals surface area contributed by atoms with Crippen molar-refractivity contribution >= 4 is 22.7 Å². The van der Waals surface area contributed by atoms with Gasteiger partial charge in [-0.3, -0.25) is 4.90 Å². The maximum atomic E-state index is 5.03. The number of hydrogen-bond donors (Lipinski definition) is 1. The fourth-order valence-electron chi connectivity index (χ4n) is 4.20. The predicted octanol–water partition coefficient (Wildman–Crippen LogP) is 2.71. The third kappa shape index (κ3) is 4.37. The van der Waals surface area contributed by atoms with Gasteiger partial charge >= 0.3 is 0 Å². The first-order valence-corrected chi connectivity index (χ1v) is 10.6. The molecule has 0 bridgehead atoms. The number of aromatic nitrogens is 1. The molecule has 4 rings (SSSR count). The molecule has 0 amide bonds. The molecule has 29 heavy (non-hydrogen) atoms. The quantitative estimate of drug-likeness (QED) is 0.482. The predicted molar refractivity (Wildman–Crippen MR) is 122 cm³/mol. The van der Waals surface area contributed by atoms with Crippen LogP contribution in [-0.2, 0) is 6.54 Å². The Kier molecular flexibility index (Phi) is 6.00. The number of para-hydroxylation sites is 1. The monoisotopic (exact) mass is 392 g/mol. The summed E-state index contributed by atoms with van der Waals surface area (Å²) in [5, 5.41) is 4.69. The molecule has 1 unspecified atom stereocenters. The Labute approximate surface area is 173 Å². The fraction of sp³-hybridized carbons (Fsp3) is 0.478. The maximum absolute atomic E-state index is 5.03. The number of benzene rings is 1. The highest BCUT2D eigenvalue weighted by atomic mass is 15.3. The van der Waals surface area contributed by atoms with Crippen LogP contribution in [0.25, 0.3) is 10.9 Å². The number of rotatable bonds is 5. The lowest BCUT2D eigenvalue weighted by atomic mass is 10.1. The first-order chi connectivity index (χ1) is 14.2. The van der Waals surface area contributed by atoms with Crippen LogP contribution in [0.5, 0.6) is 0 Å². The fourth-order valence-corrected chi connectivity index (χ4v) is 4.20. The summed E-state index contributed by atoms with van der Waals surface area (Å²) in [5.74, 6) is 2.00. The summed E-state index contributed by atoms with van der Waals surface area (Å²) in [6.07, 6.45) is 5.76. The van der Waals surface area contributed by atoms with Gasteiger partial charge in [-0.15, -0.1) is 0 Å². The Hall–Kier alpha value is -2.60. The second-order valence-electron chi connectivity index (χ2n) is 8.04. The van der Waals surface area contributed by atoms with E-state index in [1.54, 1.807) is 0 Å². The lowest BCUT2D eigenvalue weighted by Gasteiger charge is -2.25. The molecule has 1 fully saturated rings. The Bertz CT molecular complexity index is 895. The zero-order valence-electron chi connectivity index (χ0n) is 17.8. The molecule has 0 saturated carbocycles. The summed E-state index contributed by atoms with van der Waals surface area (Å²) in [6.45, 7) is 7.95. The molecule has 6 nitrogen and oxygen atoms in total. The topological polar surface area (TPSA) is 47.0 Å². The SMILES string of the molecule is CCNC(=NCc1cc(N(C)C)nc2ccccc12)N1CCC(N2CC=CC2)C1. The summed E-state index contributed by atoms with van der Waals surface area (Å²) in [4.78, 5) is 16.8. The highest BCUT2D eigenvalue weighted by Gasteiger charge is 2.29. The van der Waals surface area contributed by atoms with E-state index in [-0.39, 0.29) is 0 Å². The zero-order valence-corrected chi connectivity index (χ0v) is 17.8. The van der Waals surface area contributed by atoms with E-state index in [1.165, 1.54) is 17.4 Å². The first-order valence-electron chi connectivity index (χ1n) is 10.6. The summed E-state index contributed by atoms with van der Waals surface area (Å²) < 4.78 is 0. The molecule has 1 atom stereocenters. The second kappa shape index (κ2) is 8.82. The minimum absolute atomic E-state index is 0.621. The van der Waals surface area contributed by atoms with Crippen molar-refractivity contribution in [3.05, 3.63) is 48.0 Å². The number of anilines is 1. The molecule has 0 aliphatic carbocycles.